The fourth-order valence-corrected chi connectivity index (χ4v) is 3.86. The molecule has 138 valence electrons. The minimum Gasteiger partial charge on any atom is -0.352 e. The largest absolute Gasteiger partial charge is 0.352 e. The van der Waals surface area contributed by atoms with Gasteiger partial charge in [-0.3, -0.25) is 9.97 Å². The lowest BCUT2D eigenvalue weighted by molar-refractivity contribution is 0.310. The minimum atomic E-state index is 0.0172. The van der Waals surface area contributed by atoms with Crippen LogP contribution in [0.4, 0.5) is 0 Å². The molecule has 4 rings (SSSR count). The van der Waals surface area contributed by atoms with Gasteiger partial charge in [0.05, 0.1) is 17.8 Å². The number of hydrogen-bond donors (Lipinski definition) is 1. The molecule has 4 heterocycles. The Hall–Kier alpha value is -2.73. The maximum Gasteiger partial charge on any atom is 0.170 e. The second-order valence-electron chi connectivity index (χ2n) is 7.10. The third-order valence-corrected chi connectivity index (χ3v) is 5.33. The summed E-state index contributed by atoms with van der Waals surface area (Å²) in [6, 6.07) is 12.8. The maximum atomic E-state index is 5.72. The maximum absolute atomic E-state index is 5.72. The van der Waals surface area contributed by atoms with Gasteiger partial charge < -0.3 is 14.8 Å². The summed E-state index contributed by atoms with van der Waals surface area (Å²) in [6.07, 6.45) is 9.84. The van der Waals surface area contributed by atoms with Gasteiger partial charge in [0.25, 0.3) is 0 Å². The summed E-state index contributed by atoms with van der Waals surface area (Å²) in [5, 5.41) is 4.25. The Morgan fingerprint density at radius 1 is 1.11 bits per heavy atom. The minimum absolute atomic E-state index is 0.0172. The zero-order valence-corrected chi connectivity index (χ0v) is 16.3. The Morgan fingerprint density at radius 2 is 1.93 bits per heavy atom. The van der Waals surface area contributed by atoms with Crippen molar-refractivity contribution in [2.24, 2.45) is 0 Å². The van der Waals surface area contributed by atoms with Crippen LogP contribution < -0.4 is 5.32 Å². The average molecular weight is 378 g/mol. The Morgan fingerprint density at radius 3 is 2.59 bits per heavy atom. The molecule has 1 aliphatic rings. The molecule has 5 nitrogen and oxygen atoms in total. The standard InChI is InChI=1S/C21H23N5S/c1-15(2)25-12-8-17(14-25)20-19(18-5-3-4-9-23-18)24-21(27)26(20)13-16-6-10-22-11-7-16/h3-12,14-15,19-20H,13H2,1-2H3,(H,24,27)/t19-,20+/m1/s1. The smallest absolute Gasteiger partial charge is 0.170 e. The zero-order valence-electron chi connectivity index (χ0n) is 15.5. The van der Waals surface area contributed by atoms with E-state index < -0.39 is 0 Å². The molecule has 2 atom stereocenters. The first kappa shape index (κ1) is 17.7. The van der Waals surface area contributed by atoms with Crippen molar-refractivity contribution < 1.29 is 0 Å². The highest BCUT2D eigenvalue weighted by Crippen LogP contribution is 2.39. The highest BCUT2D eigenvalue weighted by Gasteiger charge is 2.40. The van der Waals surface area contributed by atoms with Crippen LogP contribution in [0.15, 0.2) is 67.4 Å². The van der Waals surface area contributed by atoms with Gasteiger partial charge in [-0.05, 0) is 67.5 Å². The lowest BCUT2D eigenvalue weighted by Gasteiger charge is -2.27. The van der Waals surface area contributed by atoms with Crippen LogP contribution in [0.3, 0.4) is 0 Å². The van der Waals surface area contributed by atoms with Crippen molar-refractivity contribution in [3.8, 4) is 0 Å². The van der Waals surface area contributed by atoms with Crippen molar-refractivity contribution in [2.45, 2.75) is 38.5 Å². The van der Waals surface area contributed by atoms with E-state index in [0.29, 0.717) is 6.04 Å². The van der Waals surface area contributed by atoms with Crippen LogP contribution in [-0.2, 0) is 6.54 Å². The molecule has 1 aliphatic heterocycles. The summed E-state index contributed by atoms with van der Waals surface area (Å²) in [7, 11) is 0. The number of rotatable bonds is 5. The van der Waals surface area contributed by atoms with E-state index in [1.807, 2.05) is 42.9 Å². The molecule has 0 unspecified atom stereocenters. The second-order valence-corrected chi connectivity index (χ2v) is 7.48. The van der Waals surface area contributed by atoms with Gasteiger partial charge in [0, 0.05) is 43.6 Å². The third kappa shape index (κ3) is 3.57. The fraction of sp³-hybridized carbons (Fsp3) is 0.286. The molecule has 6 heteroatoms. The predicted molar refractivity (Wildman–Crippen MR) is 110 cm³/mol. The molecule has 3 aromatic rings. The van der Waals surface area contributed by atoms with Gasteiger partial charge in [-0.2, -0.15) is 0 Å². The quantitative estimate of drug-likeness (QED) is 0.680. The molecular weight excluding hydrogens is 354 g/mol. The van der Waals surface area contributed by atoms with Crippen LogP contribution in [0.25, 0.3) is 0 Å². The molecule has 0 aliphatic carbocycles. The van der Waals surface area contributed by atoms with Crippen LogP contribution in [0.1, 0.15) is 48.8 Å². The molecule has 0 saturated carbocycles. The Kier molecular flexibility index (Phi) is 4.90. The van der Waals surface area contributed by atoms with E-state index in [2.05, 4.69) is 63.1 Å². The van der Waals surface area contributed by atoms with E-state index in [1.54, 1.807) is 0 Å². The van der Waals surface area contributed by atoms with Crippen molar-refractivity contribution in [1.29, 1.82) is 0 Å². The molecule has 1 saturated heterocycles. The third-order valence-electron chi connectivity index (χ3n) is 4.98. The number of hydrogen-bond acceptors (Lipinski definition) is 3. The molecule has 0 amide bonds. The summed E-state index contributed by atoms with van der Waals surface area (Å²) in [5.41, 5.74) is 3.42. The van der Waals surface area contributed by atoms with Gasteiger partial charge in [-0.25, -0.2) is 0 Å². The van der Waals surface area contributed by atoms with Gasteiger partial charge in [-0.1, -0.05) is 6.07 Å². The van der Waals surface area contributed by atoms with Crippen molar-refractivity contribution in [2.75, 3.05) is 0 Å². The molecule has 0 aromatic carbocycles. The van der Waals surface area contributed by atoms with Gasteiger partial charge >= 0.3 is 0 Å². The lowest BCUT2D eigenvalue weighted by Crippen LogP contribution is -2.29. The Balaban J connectivity index is 1.73. The Labute approximate surface area is 165 Å². The van der Waals surface area contributed by atoms with Crippen molar-refractivity contribution in [1.82, 2.24) is 24.8 Å². The topological polar surface area (TPSA) is 46.0 Å². The summed E-state index contributed by atoms with van der Waals surface area (Å²) < 4.78 is 2.23. The first-order valence-electron chi connectivity index (χ1n) is 9.18. The average Bonchev–Trinajstić information content (AvgIpc) is 3.29. The van der Waals surface area contributed by atoms with Crippen LogP contribution in [-0.4, -0.2) is 24.5 Å². The first-order valence-corrected chi connectivity index (χ1v) is 9.58. The van der Waals surface area contributed by atoms with Crippen LogP contribution in [0.5, 0.6) is 0 Å². The van der Waals surface area contributed by atoms with Crippen molar-refractivity contribution >= 4 is 17.3 Å². The van der Waals surface area contributed by atoms with E-state index in [-0.39, 0.29) is 12.1 Å². The molecular formula is C21H23N5S. The summed E-state index contributed by atoms with van der Waals surface area (Å²) in [4.78, 5) is 11.0. The predicted octanol–water partition coefficient (Wildman–Crippen LogP) is 4.03. The summed E-state index contributed by atoms with van der Waals surface area (Å²) in [5.74, 6) is 0. The monoisotopic (exact) mass is 377 g/mol. The molecule has 1 fully saturated rings. The van der Waals surface area contributed by atoms with Crippen molar-refractivity contribution in [3.05, 3.63) is 84.2 Å². The van der Waals surface area contributed by atoms with E-state index in [0.717, 1.165) is 17.4 Å². The highest BCUT2D eigenvalue weighted by molar-refractivity contribution is 7.80. The summed E-state index contributed by atoms with van der Waals surface area (Å²) in [6.45, 7) is 5.10. The van der Waals surface area contributed by atoms with Gasteiger partial charge in [-0.15, -0.1) is 0 Å². The SMILES string of the molecule is CC(C)n1ccc([C@H]2[C@@H](c3ccccn3)NC(=S)N2Cc2ccncc2)c1. The van der Waals surface area contributed by atoms with Crippen LogP contribution >= 0.6 is 12.2 Å². The summed E-state index contributed by atoms with van der Waals surface area (Å²) >= 11 is 5.72. The number of pyridine rings is 2. The molecule has 27 heavy (non-hydrogen) atoms. The van der Waals surface area contributed by atoms with Crippen molar-refractivity contribution in [3.63, 3.8) is 0 Å². The lowest BCUT2D eigenvalue weighted by atomic mass is 9.99. The molecule has 1 N–H and O–H groups in total. The van der Waals surface area contributed by atoms with Crippen LogP contribution in [0, 0.1) is 0 Å². The normalized spacial score (nSPS) is 19.5. The van der Waals surface area contributed by atoms with Gasteiger partial charge in [0.2, 0.25) is 0 Å². The molecule has 0 bridgehead atoms. The molecule has 3 aromatic heterocycles. The van der Waals surface area contributed by atoms with E-state index in [9.17, 15) is 0 Å². The fourth-order valence-electron chi connectivity index (χ4n) is 3.55. The Bertz CT molecular complexity index is 907. The number of aromatic nitrogens is 3. The zero-order chi connectivity index (χ0) is 18.8. The number of nitrogens with zero attached hydrogens (tertiary/aromatic N) is 4. The van der Waals surface area contributed by atoms with E-state index in [4.69, 9.17) is 12.2 Å². The van der Waals surface area contributed by atoms with E-state index >= 15 is 0 Å². The molecule has 0 radical (unpaired) electrons. The number of nitrogens with one attached hydrogen (secondary N) is 1. The molecule has 0 spiro atoms. The first-order chi connectivity index (χ1) is 13.1. The van der Waals surface area contributed by atoms with Gasteiger partial charge in [0.15, 0.2) is 5.11 Å². The second kappa shape index (κ2) is 7.48. The number of thiocarbonyl (C=S) groups is 1. The van der Waals surface area contributed by atoms with Crippen LogP contribution in [0.2, 0.25) is 0 Å². The van der Waals surface area contributed by atoms with Gasteiger partial charge in [0.1, 0.15) is 0 Å². The highest BCUT2D eigenvalue weighted by atomic mass is 32.1. The van der Waals surface area contributed by atoms with E-state index in [1.165, 1.54) is 11.1 Å².